The Balaban J connectivity index is 1.39. The first-order valence-corrected chi connectivity index (χ1v) is 12.0. The van der Waals surface area contributed by atoms with Crippen LogP contribution in [-0.4, -0.2) is 48.3 Å². The highest BCUT2D eigenvalue weighted by Crippen LogP contribution is 2.40. The largest absolute Gasteiger partial charge is 0.497 e. The van der Waals surface area contributed by atoms with Gasteiger partial charge in [0.15, 0.2) is 0 Å². The molecule has 0 amide bonds. The molecule has 1 aromatic carbocycles. The van der Waals surface area contributed by atoms with E-state index in [2.05, 4.69) is 21.7 Å². The average molecular weight is 471 g/mol. The van der Waals surface area contributed by atoms with Gasteiger partial charge in [-0.2, -0.15) is 0 Å². The maximum absolute atomic E-state index is 15.4. The number of likely N-dealkylation sites (tertiary alicyclic amines) is 1. The molecule has 1 aliphatic rings. The standard InChI is InChI=1S/C26H28F2N2O2S/c1-32-19-6-7-24-21(16-19)25(23(28)17-29-24)22(27)8-9-26(18-31)10-13-30(14-11-26)12-2-4-20-5-3-15-33-20/h3,5-7,15-17,22,31H,8-14,18H2,1H3. The molecule has 1 N–H and O–H groups in total. The zero-order valence-electron chi connectivity index (χ0n) is 18.7. The van der Waals surface area contributed by atoms with Crippen molar-refractivity contribution in [3.05, 3.63) is 58.2 Å². The summed E-state index contributed by atoms with van der Waals surface area (Å²) in [7, 11) is 1.52. The summed E-state index contributed by atoms with van der Waals surface area (Å²) >= 11 is 1.63. The molecular weight excluding hydrogens is 442 g/mol. The van der Waals surface area contributed by atoms with Crippen LogP contribution in [0.5, 0.6) is 5.75 Å². The Morgan fingerprint density at radius 3 is 2.82 bits per heavy atom. The van der Waals surface area contributed by atoms with E-state index in [4.69, 9.17) is 4.74 Å². The molecule has 33 heavy (non-hydrogen) atoms. The highest BCUT2D eigenvalue weighted by molar-refractivity contribution is 7.10. The molecule has 1 atom stereocenters. The van der Waals surface area contributed by atoms with Crippen molar-refractivity contribution in [2.24, 2.45) is 5.41 Å². The van der Waals surface area contributed by atoms with Crippen LogP contribution in [0, 0.1) is 23.1 Å². The van der Waals surface area contributed by atoms with Crippen molar-refractivity contribution >= 4 is 22.2 Å². The minimum Gasteiger partial charge on any atom is -0.497 e. The monoisotopic (exact) mass is 470 g/mol. The maximum Gasteiger partial charge on any atom is 0.148 e. The van der Waals surface area contributed by atoms with Gasteiger partial charge in [-0.1, -0.05) is 17.9 Å². The first-order valence-electron chi connectivity index (χ1n) is 11.2. The van der Waals surface area contributed by atoms with Crippen molar-refractivity contribution in [2.75, 3.05) is 33.4 Å². The number of ether oxygens (including phenoxy) is 1. The Hall–Kier alpha value is -2.53. The number of pyridine rings is 1. The molecule has 3 heterocycles. The van der Waals surface area contributed by atoms with E-state index in [-0.39, 0.29) is 24.0 Å². The Labute approximate surface area is 197 Å². The van der Waals surface area contributed by atoms with Crippen LogP contribution in [0.2, 0.25) is 0 Å². The van der Waals surface area contributed by atoms with Crippen LogP contribution in [0.25, 0.3) is 10.9 Å². The van der Waals surface area contributed by atoms with Crippen molar-refractivity contribution < 1.29 is 18.6 Å². The van der Waals surface area contributed by atoms with E-state index in [1.54, 1.807) is 29.5 Å². The smallest absolute Gasteiger partial charge is 0.148 e. The zero-order chi connectivity index (χ0) is 23.3. The fourth-order valence-corrected chi connectivity index (χ4v) is 5.04. The van der Waals surface area contributed by atoms with E-state index in [9.17, 15) is 9.50 Å². The fourth-order valence-electron chi connectivity index (χ4n) is 4.45. The molecule has 1 unspecified atom stereocenters. The Morgan fingerprint density at radius 2 is 2.12 bits per heavy atom. The quantitative estimate of drug-likeness (QED) is 0.472. The summed E-state index contributed by atoms with van der Waals surface area (Å²) in [5.74, 6) is 6.26. The second-order valence-corrected chi connectivity index (χ2v) is 9.57. The Bertz CT molecular complexity index is 1130. The zero-order valence-corrected chi connectivity index (χ0v) is 19.5. The molecule has 3 aromatic rings. The van der Waals surface area contributed by atoms with Crippen molar-refractivity contribution in [1.29, 1.82) is 0 Å². The maximum atomic E-state index is 15.4. The number of aromatic nitrogens is 1. The minimum atomic E-state index is -1.49. The lowest BCUT2D eigenvalue weighted by molar-refractivity contribution is 0.0343. The molecule has 7 heteroatoms. The van der Waals surface area contributed by atoms with Crippen molar-refractivity contribution in [3.63, 3.8) is 0 Å². The van der Waals surface area contributed by atoms with E-state index in [0.29, 0.717) is 29.6 Å². The third-order valence-electron chi connectivity index (χ3n) is 6.60. The number of hydrogen-bond donors (Lipinski definition) is 1. The molecule has 174 valence electrons. The van der Waals surface area contributed by atoms with Crippen LogP contribution < -0.4 is 4.74 Å². The van der Waals surface area contributed by atoms with Gasteiger partial charge in [0, 0.05) is 17.6 Å². The van der Waals surface area contributed by atoms with E-state index in [0.717, 1.165) is 37.0 Å². The molecule has 0 radical (unpaired) electrons. The summed E-state index contributed by atoms with van der Waals surface area (Å²) in [6.07, 6.45) is 1.77. The number of alkyl halides is 1. The van der Waals surface area contributed by atoms with Gasteiger partial charge in [0.1, 0.15) is 17.7 Å². The van der Waals surface area contributed by atoms with Gasteiger partial charge in [-0.25, -0.2) is 8.78 Å². The average Bonchev–Trinajstić information content (AvgIpc) is 3.36. The van der Waals surface area contributed by atoms with Crippen molar-refractivity contribution in [2.45, 2.75) is 31.9 Å². The highest BCUT2D eigenvalue weighted by atomic mass is 32.1. The fraction of sp³-hybridized carbons (Fsp3) is 0.423. The molecular formula is C26H28F2N2O2S. The Kier molecular flexibility index (Phi) is 7.59. The van der Waals surface area contributed by atoms with E-state index in [1.807, 2.05) is 17.5 Å². The van der Waals surface area contributed by atoms with Gasteiger partial charge in [-0.15, -0.1) is 11.3 Å². The molecule has 0 bridgehead atoms. The summed E-state index contributed by atoms with van der Waals surface area (Å²) in [5.41, 5.74) is 0.205. The van der Waals surface area contributed by atoms with Crippen LogP contribution in [0.15, 0.2) is 41.9 Å². The van der Waals surface area contributed by atoms with E-state index in [1.165, 1.54) is 7.11 Å². The van der Waals surface area contributed by atoms with Gasteiger partial charge in [0.2, 0.25) is 0 Å². The second kappa shape index (κ2) is 10.6. The molecule has 4 rings (SSSR count). The predicted octanol–water partition coefficient (Wildman–Crippen LogP) is 5.36. The minimum absolute atomic E-state index is 0.00182. The van der Waals surface area contributed by atoms with Crippen LogP contribution in [0.1, 0.15) is 42.3 Å². The third kappa shape index (κ3) is 5.52. The van der Waals surface area contributed by atoms with Gasteiger partial charge in [0.05, 0.1) is 30.2 Å². The van der Waals surface area contributed by atoms with Crippen LogP contribution in [0.4, 0.5) is 8.78 Å². The molecule has 1 fully saturated rings. The van der Waals surface area contributed by atoms with Crippen LogP contribution in [0.3, 0.4) is 0 Å². The Morgan fingerprint density at radius 1 is 1.30 bits per heavy atom. The summed E-state index contributed by atoms with van der Waals surface area (Å²) in [6, 6.07) is 9.05. The number of piperidine rings is 1. The first kappa shape index (κ1) is 23.6. The highest BCUT2D eigenvalue weighted by Gasteiger charge is 2.35. The number of hydrogen-bond acceptors (Lipinski definition) is 5. The van der Waals surface area contributed by atoms with Gasteiger partial charge < -0.3 is 9.84 Å². The second-order valence-electron chi connectivity index (χ2n) is 8.62. The number of methoxy groups -OCH3 is 1. The normalized spacial score (nSPS) is 16.8. The predicted molar refractivity (Wildman–Crippen MR) is 128 cm³/mol. The summed E-state index contributed by atoms with van der Waals surface area (Å²) in [5, 5.41) is 12.6. The summed E-state index contributed by atoms with van der Waals surface area (Å²) < 4.78 is 35.2. The molecule has 0 saturated carbocycles. The van der Waals surface area contributed by atoms with E-state index >= 15 is 4.39 Å². The molecule has 0 spiro atoms. The van der Waals surface area contributed by atoms with E-state index < -0.39 is 12.0 Å². The van der Waals surface area contributed by atoms with Gasteiger partial charge >= 0.3 is 0 Å². The van der Waals surface area contributed by atoms with Gasteiger partial charge in [0.25, 0.3) is 0 Å². The number of rotatable bonds is 7. The lowest BCUT2D eigenvalue weighted by Gasteiger charge is -2.40. The van der Waals surface area contributed by atoms with Gasteiger partial charge in [-0.3, -0.25) is 9.88 Å². The summed E-state index contributed by atoms with van der Waals surface area (Å²) in [6.45, 7) is 2.30. The lowest BCUT2D eigenvalue weighted by Crippen LogP contribution is -2.42. The summed E-state index contributed by atoms with van der Waals surface area (Å²) in [4.78, 5) is 7.40. The van der Waals surface area contributed by atoms with Crippen LogP contribution >= 0.6 is 11.3 Å². The molecule has 0 aliphatic carbocycles. The number of aliphatic hydroxyl groups excluding tert-OH is 1. The number of halogens is 2. The molecule has 1 aliphatic heterocycles. The van der Waals surface area contributed by atoms with Crippen molar-refractivity contribution in [1.82, 2.24) is 9.88 Å². The number of fused-ring (bicyclic) bond motifs is 1. The van der Waals surface area contributed by atoms with Gasteiger partial charge in [-0.05, 0) is 73.8 Å². The van der Waals surface area contributed by atoms with Crippen molar-refractivity contribution in [3.8, 4) is 17.6 Å². The number of benzene rings is 1. The number of nitrogens with zero attached hydrogens (tertiary/aromatic N) is 2. The molecule has 1 saturated heterocycles. The third-order valence-corrected chi connectivity index (χ3v) is 7.38. The first-order chi connectivity index (χ1) is 16.0. The van der Waals surface area contributed by atoms with Crippen LogP contribution in [-0.2, 0) is 0 Å². The molecule has 4 nitrogen and oxygen atoms in total. The topological polar surface area (TPSA) is 45.6 Å². The number of thiophene rings is 1. The molecule has 2 aromatic heterocycles. The lowest BCUT2D eigenvalue weighted by atomic mass is 9.74. The number of aliphatic hydroxyl groups is 1. The SMILES string of the molecule is COc1ccc2ncc(F)c(C(F)CCC3(CO)CCN(CC#Cc4cccs4)CC3)c2c1.